The number of urea groups is 1. The zero-order chi connectivity index (χ0) is 17.4. The number of ether oxygens (including phenoxy) is 1. The van der Waals surface area contributed by atoms with E-state index in [4.69, 9.17) is 4.74 Å². The van der Waals surface area contributed by atoms with Crippen molar-refractivity contribution in [2.24, 2.45) is 0 Å². The number of carbonyl (C=O) groups excluding carboxylic acids is 2. The molecule has 0 spiro atoms. The van der Waals surface area contributed by atoms with Crippen LogP contribution in [0.5, 0.6) is 5.75 Å². The van der Waals surface area contributed by atoms with Gasteiger partial charge in [-0.05, 0) is 24.5 Å². The minimum atomic E-state index is -0.0297. The first kappa shape index (κ1) is 18.1. The Labute approximate surface area is 143 Å². The first-order chi connectivity index (χ1) is 11.7. The number of amides is 3. The molecular weight excluding hydrogens is 306 g/mol. The van der Waals surface area contributed by atoms with Crippen molar-refractivity contribution in [3.8, 4) is 5.75 Å². The van der Waals surface area contributed by atoms with Crippen molar-refractivity contribution in [1.29, 1.82) is 0 Å². The number of para-hydroxylation sites is 1. The van der Waals surface area contributed by atoms with Crippen molar-refractivity contribution in [2.45, 2.75) is 26.2 Å². The Morgan fingerprint density at radius 1 is 1.12 bits per heavy atom. The molecule has 1 aromatic rings. The van der Waals surface area contributed by atoms with Crippen LogP contribution in [0.15, 0.2) is 24.3 Å². The van der Waals surface area contributed by atoms with Gasteiger partial charge < -0.3 is 19.9 Å². The Balaban J connectivity index is 1.77. The highest BCUT2D eigenvalue weighted by Gasteiger charge is 2.23. The molecule has 1 heterocycles. The van der Waals surface area contributed by atoms with Gasteiger partial charge in [-0.15, -0.1) is 0 Å². The van der Waals surface area contributed by atoms with Crippen LogP contribution in [0, 0.1) is 0 Å². The highest BCUT2D eigenvalue weighted by atomic mass is 16.5. The molecule has 132 valence electrons. The van der Waals surface area contributed by atoms with Gasteiger partial charge in [-0.25, -0.2) is 4.79 Å². The summed E-state index contributed by atoms with van der Waals surface area (Å²) in [5.74, 6) is 0.956. The number of carbonyl (C=O) groups is 2. The zero-order valence-corrected chi connectivity index (χ0v) is 14.6. The molecule has 0 aliphatic carbocycles. The lowest BCUT2D eigenvalue weighted by atomic mass is 10.1. The summed E-state index contributed by atoms with van der Waals surface area (Å²) in [6.45, 7) is 5.11. The summed E-state index contributed by atoms with van der Waals surface area (Å²) in [6.07, 6.45) is 2.05. The number of methoxy groups -OCH3 is 1. The summed E-state index contributed by atoms with van der Waals surface area (Å²) in [5, 5.41) is 2.88. The fourth-order valence-electron chi connectivity index (χ4n) is 2.81. The quantitative estimate of drug-likeness (QED) is 0.865. The van der Waals surface area contributed by atoms with Crippen LogP contribution >= 0.6 is 0 Å². The number of piperazine rings is 1. The summed E-state index contributed by atoms with van der Waals surface area (Å²) in [4.78, 5) is 27.9. The van der Waals surface area contributed by atoms with Crippen LogP contribution in [-0.2, 0) is 11.2 Å². The third kappa shape index (κ3) is 4.88. The fourth-order valence-corrected chi connectivity index (χ4v) is 2.81. The van der Waals surface area contributed by atoms with Crippen LogP contribution in [0.1, 0.15) is 25.3 Å². The molecule has 0 aromatic heterocycles. The van der Waals surface area contributed by atoms with Crippen LogP contribution in [-0.4, -0.2) is 61.6 Å². The molecule has 6 heteroatoms. The number of nitrogens with one attached hydrogen (secondary N) is 1. The smallest absolute Gasteiger partial charge is 0.317 e. The number of benzene rings is 1. The monoisotopic (exact) mass is 333 g/mol. The van der Waals surface area contributed by atoms with E-state index in [1.165, 1.54) is 0 Å². The Kier molecular flexibility index (Phi) is 6.90. The molecule has 6 nitrogen and oxygen atoms in total. The second-order valence-corrected chi connectivity index (χ2v) is 5.91. The molecule has 1 N–H and O–H groups in total. The van der Waals surface area contributed by atoms with E-state index >= 15 is 0 Å². The minimum absolute atomic E-state index is 0.0297. The molecule has 1 aliphatic heterocycles. The van der Waals surface area contributed by atoms with Crippen LogP contribution < -0.4 is 10.1 Å². The van der Waals surface area contributed by atoms with Crippen molar-refractivity contribution >= 4 is 11.9 Å². The Hall–Kier alpha value is -2.24. The van der Waals surface area contributed by atoms with Crippen LogP contribution in [0.25, 0.3) is 0 Å². The molecular formula is C18H27N3O3. The normalized spacial score (nSPS) is 14.4. The second-order valence-electron chi connectivity index (χ2n) is 5.91. The lowest BCUT2D eigenvalue weighted by Crippen LogP contribution is -2.53. The summed E-state index contributed by atoms with van der Waals surface area (Å²) >= 11 is 0. The van der Waals surface area contributed by atoms with Crippen molar-refractivity contribution in [2.75, 3.05) is 39.8 Å². The van der Waals surface area contributed by atoms with E-state index in [0.717, 1.165) is 17.7 Å². The van der Waals surface area contributed by atoms with Gasteiger partial charge in [0.05, 0.1) is 7.11 Å². The average Bonchev–Trinajstić information content (AvgIpc) is 2.64. The van der Waals surface area contributed by atoms with Gasteiger partial charge in [-0.1, -0.05) is 25.1 Å². The third-order valence-electron chi connectivity index (χ3n) is 4.25. The van der Waals surface area contributed by atoms with Gasteiger partial charge in [0.1, 0.15) is 5.75 Å². The van der Waals surface area contributed by atoms with Gasteiger partial charge in [-0.3, -0.25) is 4.79 Å². The summed E-state index contributed by atoms with van der Waals surface area (Å²) < 4.78 is 5.32. The second kappa shape index (κ2) is 9.15. The van der Waals surface area contributed by atoms with Crippen molar-refractivity contribution in [3.63, 3.8) is 0 Å². The number of nitrogens with zero attached hydrogens (tertiary/aromatic N) is 2. The van der Waals surface area contributed by atoms with E-state index in [0.29, 0.717) is 45.6 Å². The first-order valence-corrected chi connectivity index (χ1v) is 8.58. The Morgan fingerprint density at radius 3 is 2.46 bits per heavy atom. The highest BCUT2D eigenvalue weighted by Crippen LogP contribution is 2.19. The average molecular weight is 333 g/mol. The molecule has 3 amide bonds. The van der Waals surface area contributed by atoms with Gasteiger partial charge in [-0.2, -0.15) is 0 Å². The fraction of sp³-hybridized carbons (Fsp3) is 0.556. The number of rotatable bonds is 6. The number of aryl methyl sites for hydroxylation is 1. The van der Waals surface area contributed by atoms with Gasteiger partial charge in [0, 0.05) is 39.1 Å². The number of hydrogen-bond donors (Lipinski definition) is 1. The van der Waals surface area contributed by atoms with Gasteiger partial charge >= 0.3 is 6.03 Å². The molecule has 1 saturated heterocycles. The topological polar surface area (TPSA) is 61.9 Å². The predicted molar refractivity (Wildman–Crippen MR) is 93.2 cm³/mol. The van der Waals surface area contributed by atoms with Crippen molar-refractivity contribution in [3.05, 3.63) is 29.8 Å². The highest BCUT2D eigenvalue weighted by molar-refractivity contribution is 5.78. The summed E-state index contributed by atoms with van der Waals surface area (Å²) in [6, 6.07) is 7.75. The molecule has 1 aromatic carbocycles. The van der Waals surface area contributed by atoms with E-state index in [9.17, 15) is 9.59 Å². The molecule has 0 radical (unpaired) electrons. The lowest BCUT2D eigenvalue weighted by molar-refractivity contribution is -0.132. The Bertz CT molecular complexity index is 554. The lowest BCUT2D eigenvalue weighted by Gasteiger charge is -2.34. The maximum Gasteiger partial charge on any atom is 0.317 e. The molecule has 0 bridgehead atoms. The van der Waals surface area contributed by atoms with Crippen molar-refractivity contribution in [1.82, 2.24) is 15.1 Å². The SMILES string of the molecule is CCCNC(=O)N1CCN(C(=O)CCc2ccccc2OC)CC1. The summed E-state index contributed by atoms with van der Waals surface area (Å²) in [5.41, 5.74) is 1.05. The third-order valence-corrected chi connectivity index (χ3v) is 4.25. The molecule has 0 saturated carbocycles. The van der Waals surface area contributed by atoms with Crippen molar-refractivity contribution < 1.29 is 14.3 Å². The maximum absolute atomic E-state index is 12.4. The van der Waals surface area contributed by atoms with Gasteiger partial charge in [0.2, 0.25) is 5.91 Å². The maximum atomic E-state index is 12.4. The molecule has 24 heavy (non-hydrogen) atoms. The summed E-state index contributed by atoms with van der Waals surface area (Å²) in [7, 11) is 1.64. The Morgan fingerprint density at radius 2 is 1.79 bits per heavy atom. The molecule has 0 atom stereocenters. The van der Waals surface area contributed by atoms with E-state index in [2.05, 4.69) is 5.32 Å². The van der Waals surface area contributed by atoms with Crippen LogP contribution in [0.4, 0.5) is 4.79 Å². The van der Waals surface area contributed by atoms with E-state index in [-0.39, 0.29) is 11.9 Å². The molecule has 1 fully saturated rings. The molecule has 1 aliphatic rings. The molecule has 0 unspecified atom stereocenters. The predicted octanol–water partition coefficient (Wildman–Crippen LogP) is 1.89. The zero-order valence-electron chi connectivity index (χ0n) is 14.6. The largest absolute Gasteiger partial charge is 0.496 e. The van der Waals surface area contributed by atoms with E-state index < -0.39 is 0 Å². The van der Waals surface area contributed by atoms with Gasteiger partial charge in [0.15, 0.2) is 0 Å². The van der Waals surface area contributed by atoms with E-state index in [1.54, 1.807) is 12.0 Å². The van der Waals surface area contributed by atoms with Gasteiger partial charge in [0.25, 0.3) is 0 Å². The first-order valence-electron chi connectivity index (χ1n) is 8.58. The van der Waals surface area contributed by atoms with Crippen LogP contribution in [0.3, 0.4) is 0 Å². The van der Waals surface area contributed by atoms with E-state index in [1.807, 2.05) is 36.1 Å². The van der Waals surface area contributed by atoms with Crippen LogP contribution in [0.2, 0.25) is 0 Å². The standard InChI is InChI=1S/C18H27N3O3/c1-3-10-19-18(23)21-13-11-20(12-14-21)17(22)9-8-15-6-4-5-7-16(15)24-2/h4-7H,3,8-14H2,1-2H3,(H,19,23). The number of hydrogen-bond acceptors (Lipinski definition) is 3. The molecule has 2 rings (SSSR count). The minimum Gasteiger partial charge on any atom is -0.496 e.